The van der Waals surface area contributed by atoms with E-state index in [4.69, 9.17) is 0 Å². The molecular formula is C25H19N3O3. The number of carbonyl (C=O) groups is 2. The number of aliphatic hydroxyl groups excluding tert-OH is 1. The van der Waals surface area contributed by atoms with Crippen LogP contribution >= 0.6 is 0 Å². The fourth-order valence-corrected chi connectivity index (χ4v) is 5.82. The lowest BCUT2D eigenvalue weighted by Crippen LogP contribution is -2.20. The molecule has 5 aromatic rings. The van der Waals surface area contributed by atoms with Crippen LogP contribution in [0.1, 0.15) is 46.0 Å². The van der Waals surface area contributed by atoms with Crippen molar-refractivity contribution in [3.05, 3.63) is 59.7 Å². The Morgan fingerprint density at radius 3 is 2.35 bits per heavy atom. The van der Waals surface area contributed by atoms with E-state index in [1.54, 1.807) is 0 Å². The zero-order valence-corrected chi connectivity index (χ0v) is 16.6. The molecule has 2 aliphatic rings. The van der Waals surface area contributed by atoms with Gasteiger partial charge in [0.05, 0.1) is 28.3 Å². The summed E-state index contributed by atoms with van der Waals surface area (Å²) >= 11 is 0. The number of hydrogen-bond donors (Lipinski definition) is 3. The third kappa shape index (κ3) is 2.05. The van der Waals surface area contributed by atoms with Crippen LogP contribution in [-0.4, -0.2) is 32.6 Å². The van der Waals surface area contributed by atoms with E-state index in [-0.39, 0.29) is 24.0 Å². The number of aliphatic hydroxyl groups is 1. The second kappa shape index (κ2) is 5.74. The van der Waals surface area contributed by atoms with Gasteiger partial charge >= 0.3 is 0 Å². The first kappa shape index (κ1) is 17.1. The summed E-state index contributed by atoms with van der Waals surface area (Å²) in [6, 6.07) is 16.1. The van der Waals surface area contributed by atoms with E-state index >= 15 is 0 Å². The minimum Gasteiger partial charge on any atom is -0.393 e. The second-order valence-corrected chi connectivity index (χ2v) is 8.69. The van der Waals surface area contributed by atoms with Gasteiger partial charge < -0.3 is 14.7 Å². The average Bonchev–Trinajstić information content (AvgIpc) is 3.50. The Labute approximate surface area is 176 Å². The van der Waals surface area contributed by atoms with Crippen molar-refractivity contribution in [2.75, 3.05) is 0 Å². The molecule has 1 unspecified atom stereocenters. The highest BCUT2D eigenvalue weighted by Crippen LogP contribution is 2.46. The number of para-hydroxylation sites is 2. The third-order valence-corrected chi connectivity index (χ3v) is 7.03. The molecule has 2 atom stereocenters. The topological polar surface area (TPSA) is 87.1 Å². The zero-order valence-electron chi connectivity index (χ0n) is 16.6. The smallest absolute Gasteiger partial charge is 0.259 e. The van der Waals surface area contributed by atoms with E-state index in [0.717, 1.165) is 56.5 Å². The van der Waals surface area contributed by atoms with Crippen molar-refractivity contribution in [3.63, 3.8) is 0 Å². The molecule has 0 saturated heterocycles. The Kier molecular flexibility index (Phi) is 3.16. The summed E-state index contributed by atoms with van der Waals surface area (Å²) in [6.45, 7) is 0. The highest BCUT2D eigenvalue weighted by atomic mass is 16.3. The fourth-order valence-electron chi connectivity index (χ4n) is 5.82. The number of aromatic nitrogens is 2. The van der Waals surface area contributed by atoms with Gasteiger partial charge in [0.25, 0.3) is 11.8 Å². The molecule has 31 heavy (non-hydrogen) atoms. The van der Waals surface area contributed by atoms with Crippen molar-refractivity contribution in [1.82, 2.24) is 14.9 Å². The molecule has 0 spiro atoms. The van der Waals surface area contributed by atoms with Gasteiger partial charge in [-0.25, -0.2) is 0 Å². The largest absolute Gasteiger partial charge is 0.393 e. The van der Waals surface area contributed by atoms with Crippen LogP contribution in [-0.2, 0) is 0 Å². The predicted octanol–water partition coefficient (Wildman–Crippen LogP) is 4.40. The molecule has 6 heteroatoms. The molecular weight excluding hydrogens is 390 g/mol. The van der Waals surface area contributed by atoms with E-state index in [1.807, 2.05) is 42.5 Å². The monoisotopic (exact) mass is 409 g/mol. The van der Waals surface area contributed by atoms with Crippen LogP contribution in [0.25, 0.3) is 43.6 Å². The van der Waals surface area contributed by atoms with Crippen LogP contribution in [0.4, 0.5) is 0 Å². The number of carbonyl (C=O) groups excluding carboxylic acids is 2. The Morgan fingerprint density at radius 1 is 0.871 bits per heavy atom. The van der Waals surface area contributed by atoms with Gasteiger partial charge in [0.2, 0.25) is 0 Å². The Morgan fingerprint density at radius 2 is 1.58 bits per heavy atom. The maximum Gasteiger partial charge on any atom is 0.259 e. The van der Waals surface area contributed by atoms with Gasteiger partial charge in [-0.3, -0.25) is 14.9 Å². The van der Waals surface area contributed by atoms with Crippen molar-refractivity contribution in [1.29, 1.82) is 0 Å². The summed E-state index contributed by atoms with van der Waals surface area (Å²) in [5.74, 6) is -0.684. The van der Waals surface area contributed by atoms with Gasteiger partial charge in [0.1, 0.15) is 0 Å². The summed E-state index contributed by atoms with van der Waals surface area (Å²) < 4.78 is 2.29. The quantitative estimate of drug-likeness (QED) is 0.359. The molecule has 2 aromatic heterocycles. The van der Waals surface area contributed by atoms with Gasteiger partial charge in [-0.1, -0.05) is 36.4 Å². The lowest BCUT2D eigenvalue weighted by molar-refractivity contribution is 0.0880. The number of H-pyrrole nitrogens is 1. The van der Waals surface area contributed by atoms with E-state index in [9.17, 15) is 14.7 Å². The van der Waals surface area contributed by atoms with Crippen molar-refractivity contribution in [3.8, 4) is 0 Å². The lowest BCUT2D eigenvalue weighted by Gasteiger charge is -2.16. The zero-order chi connectivity index (χ0) is 20.9. The van der Waals surface area contributed by atoms with Gasteiger partial charge in [-0.05, 0) is 31.4 Å². The fraction of sp³-hybridized carbons (Fsp3) is 0.200. The van der Waals surface area contributed by atoms with Gasteiger partial charge in [0.15, 0.2) is 0 Å². The molecule has 1 fully saturated rings. The first-order chi connectivity index (χ1) is 15.1. The second-order valence-electron chi connectivity index (χ2n) is 8.69. The van der Waals surface area contributed by atoms with Crippen LogP contribution in [0.2, 0.25) is 0 Å². The molecule has 3 N–H and O–H groups in total. The van der Waals surface area contributed by atoms with Crippen LogP contribution in [0, 0.1) is 0 Å². The number of aromatic amines is 1. The molecule has 152 valence electrons. The lowest BCUT2D eigenvalue weighted by atomic mass is 9.96. The number of nitrogens with one attached hydrogen (secondary N) is 2. The first-order valence-corrected chi connectivity index (χ1v) is 10.7. The molecule has 3 aromatic carbocycles. The number of fused-ring (bicyclic) bond motifs is 10. The number of imide groups is 1. The molecule has 0 bridgehead atoms. The van der Waals surface area contributed by atoms with Crippen LogP contribution in [0.15, 0.2) is 48.5 Å². The highest BCUT2D eigenvalue weighted by molar-refractivity contribution is 6.39. The normalized spacial score (nSPS) is 21.1. The summed E-state index contributed by atoms with van der Waals surface area (Å²) in [4.78, 5) is 29.5. The maximum absolute atomic E-state index is 13.0. The molecule has 1 aliphatic carbocycles. The van der Waals surface area contributed by atoms with Crippen LogP contribution in [0.5, 0.6) is 0 Å². The number of rotatable bonds is 1. The van der Waals surface area contributed by atoms with Crippen molar-refractivity contribution in [2.24, 2.45) is 0 Å². The molecule has 1 saturated carbocycles. The number of benzene rings is 3. The molecule has 3 heterocycles. The molecule has 6 nitrogen and oxygen atoms in total. The minimum atomic E-state index is -0.343. The number of nitrogens with zero attached hydrogens (tertiary/aromatic N) is 1. The first-order valence-electron chi connectivity index (χ1n) is 10.7. The Bertz CT molecular complexity index is 1610. The van der Waals surface area contributed by atoms with Gasteiger partial charge in [-0.2, -0.15) is 0 Å². The van der Waals surface area contributed by atoms with Crippen molar-refractivity contribution < 1.29 is 14.7 Å². The van der Waals surface area contributed by atoms with E-state index in [2.05, 4.69) is 20.9 Å². The molecule has 0 radical (unpaired) electrons. The van der Waals surface area contributed by atoms with E-state index in [1.165, 1.54) is 0 Å². The summed E-state index contributed by atoms with van der Waals surface area (Å²) in [7, 11) is 0. The van der Waals surface area contributed by atoms with Crippen LogP contribution < -0.4 is 5.32 Å². The Hall–Kier alpha value is -3.64. The van der Waals surface area contributed by atoms with E-state index in [0.29, 0.717) is 17.5 Å². The standard InChI is InChI=1S/C25H19N3O3/c29-13-10-9-12(11-13)28-17-8-4-2-6-15(17)19-21-20(24(30)27-25(21)31)18-14-5-1-3-7-16(14)26-22(18)23(19)28/h1-8,12-13,26,29H,9-11H2,(H,27,30,31)/t12?,13-/m1/s1. The average molecular weight is 409 g/mol. The van der Waals surface area contributed by atoms with Gasteiger partial charge in [0, 0.05) is 38.6 Å². The molecule has 7 rings (SSSR count). The number of amides is 2. The SMILES string of the molecule is O=C1NC(=O)c2c1c1c3ccccc3[nH]c1c1c2c2ccccc2n1C1CC[C@@H](O)C1. The van der Waals surface area contributed by atoms with Gasteiger partial charge in [-0.15, -0.1) is 0 Å². The molecule has 2 amide bonds. The van der Waals surface area contributed by atoms with E-state index < -0.39 is 0 Å². The highest BCUT2D eigenvalue weighted by Gasteiger charge is 2.37. The third-order valence-electron chi connectivity index (χ3n) is 7.03. The molecule has 1 aliphatic heterocycles. The predicted molar refractivity (Wildman–Crippen MR) is 119 cm³/mol. The Balaban J connectivity index is 1.80. The van der Waals surface area contributed by atoms with Crippen LogP contribution in [0.3, 0.4) is 0 Å². The van der Waals surface area contributed by atoms with Crippen molar-refractivity contribution in [2.45, 2.75) is 31.4 Å². The number of hydrogen-bond acceptors (Lipinski definition) is 3. The maximum atomic E-state index is 13.0. The summed E-state index contributed by atoms with van der Waals surface area (Å²) in [5.41, 5.74) is 4.69. The summed E-state index contributed by atoms with van der Waals surface area (Å²) in [5, 5.41) is 16.3. The summed E-state index contributed by atoms with van der Waals surface area (Å²) in [6.07, 6.45) is 1.99. The minimum absolute atomic E-state index is 0.130. The van der Waals surface area contributed by atoms with Crippen molar-refractivity contribution >= 4 is 55.4 Å².